The van der Waals surface area contributed by atoms with Crippen molar-refractivity contribution in [2.75, 3.05) is 20.1 Å². The van der Waals surface area contributed by atoms with Crippen molar-refractivity contribution in [2.45, 2.75) is 64.5 Å². The van der Waals surface area contributed by atoms with Gasteiger partial charge in [0.1, 0.15) is 0 Å². The van der Waals surface area contributed by atoms with E-state index in [1.807, 2.05) is 0 Å². The van der Waals surface area contributed by atoms with Gasteiger partial charge in [-0.3, -0.25) is 0 Å². The average Bonchev–Trinajstić information content (AvgIpc) is 3.04. The second-order valence-electron chi connectivity index (χ2n) is 6.49. The minimum atomic E-state index is 0.787. The first kappa shape index (κ1) is 13.4. The van der Waals surface area contributed by atoms with Crippen LogP contribution in [0.1, 0.15) is 52.4 Å². The Labute approximate surface area is 107 Å². The zero-order chi connectivity index (χ0) is 12.3. The van der Waals surface area contributed by atoms with Gasteiger partial charge in [0, 0.05) is 18.6 Å². The molecule has 2 aliphatic carbocycles. The third kappa shape index (κ3) is 3.96. The van der Waals surface area contributed by atoms with E-state index < -0.39 is 0 Å². The van der Waals surface area contributed by atoms with E-state index >= 15 is 0 Å². The van der Waals surface area contributed by atoms with Crippen LogP contribution < -0.4 is 5.32 Å². The monoisotopic (exact) mass is 238 g/mol. The fraction of sp³-hybridized carbons (Fsp3) is 1.00. The summed E-state index contributed by atoms with van der Waals surface area (Å²) in [4.78, 5) is 2.79. The molecule has 0 radical (unpaired) electrons. The minimum Gasteiger partial charge on any atom is -0.317 e. The number of nitrogens with zero attached hydrogens (tertiary/aromatic N) is 1. The first-order valence-corrected chi connectivity index (χ1v) is 7.62. The maximum absolute atomic E-state index is 3.52. The van der Waals surface area contributed by atoms with Gasteiger partial charge >= 0.3 is 0 Å². The van der Waals surface area contributed by atoms with Gasteiger partial charge in [-0.2, -0.15) is 0 Å². The summed E-state index contributed by atoms with van der Waals surface area (Å²) in [5, 5.41) is 3.52. The van der Waals surface area contributed by atoms with Gasteiger partial charge in [0.15, 0.2) is 0 Å². The van der Waals surface area contributed by atoms with Crippen LogP contribution in [0, 0.1) is 11.8 Å². The fourth-order valence-corrected chi connectivity index (χ4v) is 3.22. The van der Waals surface area contributed by atoms with E-state index in [1.54, 1.807) is 0 Å². The Morgan fingerprint density at radius 3 is 2.53 bits per heavy atom. The van der Waals surface area contributed by atoms with E-state index in [2.05, 4.69) is 31.1 Å². The topological polar surface area (TPSA) is 15.3 Å². The third-order valence-electron chi connectivity index (χ3n) is 4.56. The molecule has 2 atom stereocenters. The van der Waals surface area contributed by atoms with Crippen LogP contribution in [0.25, 0.3) is 0 Å². The molecule has 2 fully saturated rings. The molecule has 2 heteroatoms. The average molecular weight is 238 g/mol. The predicted molar refractivity (Wildman–Crippen MR) is 74.2 cm³/mol. The lowest BCUT2D eigenvalue weighted by Gasteiger charge is -2.29. The quantitative estimate of drug-likeness (QED) is 0.733. The molecule has 0 saturated heterocycles. The van der Waals surface area contributed by atoms with Crippen LogP contribution in [0.3, 0.4) is 0 Å². The summed E-state index contributed by atoms with van der Waals surface area (Å²) >= 11 is 0. The van der Waals surface area contributed by atoms with Crippen LogP contribution in [-0.2, 0) is 0 Å². The van der Waals surface area contributed by atoms with E-state index in [4.69, 9.17) is 0 Å². The van der Waals surface area contributed by atoms with E-state index in [0.29, 0.717) is 0 Å². The summed E-state index contributed by atoms with van der Waals surface area (Å²) in [6.07, 6.45) is 8.54. The zero-order valence-corrected chi connectivity index (χ0v) is 11.9. The molecular formula is C15H30N2. The van der Waals surface area contributed by atoms with Gasteiger partial charge in [0.05, 0.1) is 0 Å². The Bertz CT molecular complexity index is 223. The van der Waals surface area contributed by atoms with Gasteiger partial charge in [-0.25, -0.2) is 0 Å². The molecule has 2 rings (SSSR count). The van der Waals surface area contributed by atoms with Gasteiger partial charge in [-0.1, -0.05) is 20.3 Å². The van der Waals surface area contributed by atoms with Crippen molar-refractivity contribution >= 4 is 0 Å². The van der Waals surface area contributed by atoms with Gasteiger partial charge in [0.2, 0.25) is 0 Å². The molecule has 2 nitrogen and oxygen atoms in total. The highest BCUT2D eigenvalue weighted by Crippen LogP contribution is 2.32. The van der Waals surface area contributed by atoms with Gasteiger partial charge in [-0.15, -0.1) is 0 Å². The van der Waals surface area contributed by atoms with E-state index in [-0.39, 0.29) is 0 Å². The van der Waals surface area contributed by atoms with Crippen LogP contribution in [0.2, 0.25) is 0 Å². The second kappa shape index (κ2) is 6.19. The SMILES string of the molecule is CNC1CCCC1CN(CCC(C)C)C1CC1. The number of hydrogen-bond acceptors (Lipinski definition) is 2. The molecule has 0 aromatic carbocycles. The fourth-order valence-electron chi connectivity index (χ4n) is 3.22. The van der Waals surface area contributed by atoms with Crippen LogP contribution in [-0.4, -0.2) is 37.1 Å². The molecule has 2 aliphatic rings. The molecule has 0 aromatic heterocycles. The van der Waals surface area contributed by atoms with Crippen molar-refractivity contribution in [1.82, 2.24) is 10.2 Å². The predicted octanol–water partition coefficient (Wildman–Crippen LogP) is 2.89. The molecule has 0 heterocycles. The molecule has 100 valence electrons. The first-order valence-electron chi connectivity index (χ1n) is 7.62. The molecule has 0 aliphatic heterocycles. The molecule has 0 bridgehead atoms. The van der Waals surface area contributed by atoms with E-state index in [1.165, 1.54) is 51.6 Å². The maximum Gasteiger partial charge on any atom is 0.0104 e. The smallest absolute Gasteiger partial charge is 0.0104 e. The maximum atomic E-state index is 3.52. The van der Waals surface area contributed by atoms with Gasteiger partial charge in [0.25, 0.3) is 0 Å². The summed E-state index contributed by atoms with van der Waals surface area (Å²) in [7, 11) is 2.14. The largest absolute Gasteiger partial charge is 0.317 e. The van der Waals surface area contributed by atoms with Crippen molar-refractivity contribution in [3.63, 3.8) is 0 Å². The Morgan fingerprint density at radius 1 is 1.18 bits per heavy atom. The van der Waals surface area contributed by atoms with Gasteiger partial charge < -0.3 is 10.2 Å². The highest BCUT2D eigenvalue weighted by Gasteiger charge is 2.33. The van der Waals surface area contributed by atoms with Crippen LogP contribution in [0.15, 0.2) is 0 Å². The second-order valence-corrected chi connectivity index (χ2v) is 6.49. The Balaban J connectivity index is 1.80. The lowest BCUT2D eigenvalue weighted by Crippen LogP contribution is -2.39. The molecule has 0 aromatic rings. The third-order valence-corrected chi connectivity index (χ3v) is 4.56. The highest BCUT2D eigenvalue weighted by atomic mass is 15.2. The summed E-state index contributed by atoms with van der Waals surface area (Å²) in [5.41, 5.74) is 0. The van der Waals surface area contributed by atoms with Crippen molar-refractivity contribution in [1.29, 1.82) is 0 Å². The zero-order valence-electron chi connectivity index (χ0n) is 11.9. The lowest BCUT2D eigenvalue weighted by atomic mass is 10.0. The summed E-state index contributed by atoms with van der Waals surface area (Å²) in [6.45, 7) is 7.37. The molecule has 2 saturated carbocycles. The van der Waals surface area contributed by atoms with Crippen molar-refractivity contribution in [2.24, 2.45) is 11.8 Å². The van der Waals surface area contributed by atoms with Crippen LogP contribution in [0.5, 0.6) is 0 Å². The molecular weight excluding hydrogens is 208 g/mol. The van der Waals surface area contributed by atoms with Crippen LogP contribution >= 0.6 is 0 Å². The number of nitrogens with one attached hydrogen (secondary N) is 1. The number of hydrogen-bond donors (Lipinski definition) is 1. The van der Waals surface area contributed by atoms with Crippen molar-refractivity contribution < 1.29 is 0 Å². The summed E-state index contributed by atoms with van der Waals surface area (Å²) in [6, 6.07) is 1.72. The van der Waals surface area contributed by atoms with E-state index in [0.717, 1.165) is 23.9 Å². The van der Waals surface area contributed by atoms with Gasteiger partial charge in [-0.05, 0) is 57.5 Å². The minimum absolute atomic E-state index is 0.787. The number of rotatable bonds is 7. The molecule has 1 N–H and O–H groups in total. The van der Waals surface area contributed by atoms with Crippen molar-refractivity contribution in [3.05, 3.63) is 0 Å². The molecule has 17 heavy (non-hydrogen) atoms. The normalized spacial score (nSPS) is 29.5. The lowest BCUT2D eigenvalue weighted by molar-refractivity contribution is 0.197. The van der Waals surface area contributed by atoms with Crippen molar-refractivity contribution in [3.8, 4) is 0 Å². The highest BCUT2D eigenvalue weighted by molar-refractivity contribution is 4.90. The standard InChI is InChI=1S/C15H30N2/c1-12(2)9-10-17(14-7-8-14)11-13-5-4-6-15(13)16-3/h12-16H,4-11H2,1-3H3. The summed E-state index contributed by atoms with van der Waals surface area (Å²) in [5.74, 6) is 1.76. The molecule has 2 unspecified atom stereocenters. The molecule has 0 spiro atoms. The van der Waals surface area contributed by atoms with E-state index in [9.17, 15) is 0 Å². The summed E-state index contributed by atoms with van der Waals surface area (Å²) < 4.78 is 0. The first-order chi connectivity index (χ1) is 8.20. The Hall–Kier alpha value is -0.0800. The molecule has 0 amide bonds. The Morgan fingerprint density at radius 2 is 1.94 bits per heavy atom. The Kier molecular flexibility index (Phi) is 4.87. The van der Waals surface area contributed by atoms with Crippen LogP contribution in [0.4, 0.5) is 0 Å².